The summed E-state index contributed by atoms with van der Waals surface area (Å²) in [6.07, 6.45) is -3.88. The number of sulfonamides is 1. The maximum atomic E-state index is 13.6. The number of amides is 2. The van der Waals surface area contributed by atoms with Crippen molar-refractivity contribution in [3.63, 3.8) is 0 Å². The van der Waals surface area contributed by atoms with Gasteiger partial charge in [0.15, 0.2) is 0 Å². The molecule has 1 unspecified atom stereocenters. The summed E-state index contributed by atoms with van der Waals surface area (Å²) in [5, 5.41) is 2.88. The molecule has 0 radical (unpaired) electrons. The fourth-order valence-electron chi connectivity index (χ4n) is 3.61. The molecule has 0 spiro atoms. The minimum absolute atomic E-state index is 0.159. The second-order valence-corrected chi connectivity index (χ2v) is 11.9. The van der Waals surface area contributed by atoms with Crippen LogP contribution in [0.3, 0.4) is 0 Å². The molecule has 0 heterocycles. The molecule has 0 fully saturated rings. The molecule has 0 saturated heterocycles. The van der Waals surface area contributed by atoms with Crippen LogP contribution in [-0.2, 0) is 32.3 Å². The quantitative estimate of drug-likeness (QED) is 0.368. The van der Waals surface area contributed by atoms with Crippen LogP contribution >= 0.6 is 34.8 Å². The first kappa shape index (κ1) is 32.0. The van der Waals surface area contributed by atoms with Gasteiger partial charge in [0.25, 0.3) is 0 Å². The van der Waals surface area contributed by atoms with Crippen LogP contribution in [0.2, 0.25) is 15.1 Å². The Morgan fingerprint density at radius 1 is 1.00 bits per heavy atom. The van der Waals surface area contributed by atoms with Crippen molar-refractivity contribution in [2.24, 2.45) is 0 Å². The molecule has 2 amide bonds. The van der Waals surface area contributed by atoms with E-state index >= 15 is 0 Å². The van der Waals surface area contributed by atoms with Crippen molar-refractivity contribution in [1.29, 1.82) is 0 Å². The first-order chi connectivity index (χ1) is 17.4. The van der Waals surface area contributed by atoms with E-state index in [4.69, 9.17) is 34.8 Å². The highest BCUT2D eigenvalue weighted by molar-refractivity contribution is 7.92. The molecule has 1 atom stereocenters. The second-order valence-electron chi connectivity index (χ2n) is 8.79. The SMILES string of the molecule is CCC(C(=O)NC(C)C)N(Cc1ccc(Cl)c(Cl)c1)C(=O)CN(c1cc(C(F)(F)F)ccc1Cl)S(C)(=O)=O. The third kappa shape index (κ3) is 8.39. The van der Waals surface area contributed by atoms with Crippen molar-refractivity contribution in [3.8, 4) is 0 Å². The van der Waals surface area contributed by atoms with Crippen molar-refractivity contribution in [3.05, 3.63) is 62.6 Å². The molecule has 210 valence electrons. The Hall–Kier alpha value is -2.21. The molecule has 0 saturated carbocycles. The molecule has 14 heteroatoms. The van der Waals surface area contributed by atoms with Crippen molar-refractivity contribution < 1.29 is 31.2 Å². The molecular formula is C24H27Cl3F3N3O4S. The van der Waals surface area contributed by atoms with Gasteiger partial charge in [-0.25, -0.2) is 8.42 Å². The number of rotatable bonds is 10. The molecule has 0 aliphatic carbocycles. The van der Waals surface area contributed by atoms with Gasteiger partial charge in [-0.1, -0.05) is 47.8 Å². The highest BCUT2D eigenvalue weighted by Crippen LogP contribution is 2.36. The van der Waals surface area contributed by atoms with Gasteiger partial charge in [-0.2, -0.15) is 13.2 Å². The number of benzene rings is 2. The Labute approximate surface area is 234 Å². The smallest absolute Gasteiger partial charge is 0.352 e. The summed E-state index contributed by atoms with van der Waals surface area (Å²) in [5.41, 5.74) is -1.17. The third-order valence-corrected chi connectivity index (χ3v) is 7.56. The number of anilines is 1. The van der Waals surface area contributed by atoms with E-state index in [1.54, 1.807) is 26.8 Å². The number of hydrogen-bond acceptors (Lipinski definition) is 4. The van der Waals surface area contributed by atoms with Crippen LogP contribution in [0, 0.1) is 0 Å². The van der Waals surface area contributed by atoms with E-state index in [2.05, 4.69) is 5.32 Å². The van der Waals surface area contributed by atoms with Gasteiger partial charge in [0.2, 0.25) is 21.8 Å². The fraction of sp³-hybridized carbons (Fsp3) is 0.417. The van der Waals surface area contributed by atoms with Crippen LogP contribution in [0.5, 0.6) is 0 Å². The first-order valence-electron chi connectivity index (χ1n) is 11.3. The average molecular weight is 617 g/mol. The van der Waals surface area contributed by atoms with Gasteiger partial charge < -0.3 is 10.2 Å². The Morgan fingerprint density at radius 2 is 1.61 bits per heavy atom. The molecule has 7 nitrogen and oxygen atoms in total. The normalized spacial score (nSPS) is 12.8. The van der Waals surface area contributed by atoms with Gasteiger partial charge in [-0.05, 0) is 56.2 Å². The second kappa shape index (κ2) is 12.8. The zero-order valence-corrected chi connectivity index (χ0v) is 24.0. The van der Waals surface area contributed by atoms with E-state index in [0.29, 0.717) is 22.0 Å². The molecule has 38 heavy (non-hydrogen) atoms. The van der Waals surface area contributed by atoms with E-state index < -0.39 is 51.9 Å². The number of carbonyl (C=O) groups is 2. The molecular weight excluding hydrogens is 590 g/mol. The Balaban J connectivity index is 2.57. The third-order valence-electron chi connectivity index (χ3n) is 5.38. The van der Waals surface area contributed by atoms with Crippen LogP contribution in [0.15, 0.2) is 36.4 Å². The first-order valence-corrected chi connectivity index (χ1v) is 14.3. The van der Waals surface area contributed by atoms with Crippen LogP contribution in [0.25, 0.3) is 0 Å². The van der Waals surface area contributed by atoms with Gasteiger partial charge in [-0.3, -0.25) is 13.9 Å². The van der Waals surface area contributed by atoms with E-state index in [9.17, 15) is 31.2 Å². The van der Waals surface area contributed by atoms with Gasteiger partial charge >= 0.3 is 6.18 Å². The zero-order chi connectivity index (χ0) is 29.0. The molecule has 0 aliphatic rings. The van der Waals surface area contributed by atoms with E-state index in [-0.39, 0.29) is 34.1 Å². The highest BCUT2D eigenvalue weighted by atomic mass is 35.5. The van der Waals surface area contributed by atoms with Crippen molar-refractivity contribution in [1.82, 2.24) is 10.2 Å². The summed E-state index contributed by atoms with van der Waals surface area (Å²) in [6, 6.07) is 5.46. The van der Waals surface area contributed by atoms with Crippen molar-refractivity contribution >= 4 is 62.3 Å². The molecule has 0 aromatic heterocycles. The Morgan fingerprint density at radius 3 is 2.11 bits per heavy atom. The number of nitrogens with one attached hydrogen (secondary N) is 1. The minimum atomic E-state index is -4.78. The zero-order valence-electron chi connectivity index (χ0n) is 20.9. The lowest BCUT2D eigenvalue weighted by Crippen LogP contribution is -2.53. The molecule has 0 bridgehead atoms. The van der Waals surface area contributed by atoms with Gasteiger partial charge in [0.05, 0.1) is 32.6 Å². The highest BCUT2D eigenvalue weighted by Gasteiger charge is 2.35. The molecule has 0 aliphatic heterocycles. The van der Waals surface area contributed by atoms with Crippen LogP contribution in [0.4, 0.5) is 18.9 Å². The predicted molar refractivity (Wildman–Crippen MR) is 143 cm³/mol. The van der Waals surface area contributed by atoms with Crippen LogP contribution < -0.4 is 9.62 Å². The summed E-state index contributed by atoms with van der Waals surface area (Å²) >= 11 is 18.2. The number of nitrogens with zero attached hydrogens (tertiary/aromatic N) is 2. The summed E-state index contributed by atoms with van der Waals surface area (Å²) in [6.45, 7) is 4.06. The summed E-state index contributed by atoms with van der Waals surface area (Å²) < 4.78 is 65.9. The fourth-order valence-corrected chi connectivity index (χ4v) is 5.05. The standard InChI is InChI=1S/C24H27Cl3F3N3O4S/c1-5-20(23(35)31-14(2)3)32(12-15-6-8-17(25)19(27)10-15)22(34)13-33(38(4,36)37)21-11-16(24(28,29)30)7-9-18(21)26/h6-11,14,20H,5,12-13H2,1-4H3,(H,31,35). The maximum absolute atomic E-state index is 13.6. The molecule has 2 aromatic rings. The summed E-state index contributed by atoms with van der Waals surface area (Å²) in [5.74, 6) is -1.33. The lowest BCUT2D eigenvalue weighted by Gasteiger charge is -2.33. The monoisotopic (exact) mass is 615 g/mol. The topological polar surface area (TPSA) is 86.8 Å². The number of alkyl halides is 3. The van der Waals surface area contributed by atoms with Gasteiger partial charge in [-0.15, -0.1) is 0 Å². The predicted octanol–water partition coefficient (Wildman–Crippen LogP) is 5.76. The average Bonchev–Trinajstić information content (AvgIpc) is 2.78. The van der Waals surface area contributed by atoms with E-state index in [1.807, 2.05) is 0 Å². The summed E-state index contributed by atoms with van der Waals surface area (Å²) in [4.78, 5) is 27.8. The Bertz CT molecular complexity index is 1290. The van der Waals surface area contributed by atoms with Crippen molar-refractivity contribution in [2.75, 3.05) is 17.1 Å². The number of halogens is 6. The number of hydrogen-bond donors (Lipinski definition) is 1. The van der Waals surface area contributed by atoms with Crippen LogP contribution in [0.1, 0.15) is 38.3 Å². The lowest BCUT2D eigenvalue weighted by atomic mass is 10.1. The number of carbonyl (C=O) groups excluding carboxylic acids is 2. The Kier molecular flexibility index (Phi) is 10.7. The molecule has 2 aromatic carbocycles. The lowest BCUT2D eigenvalue weighted by molar-refractivity contribution is -0.140. The van der Waals surface area contributed by atoms with Crippen LogP contribution in [-0.4, -0.2) is 50.0 Å². The van der Waals surface area contributed by atoms with E-state index in [1.165, 1.54) is 12.1 Å². The van der Waals surface area contributed by atoms with Gasteiger partial charge in [0.1, 0.15) is 12.6 Å². The van der Waals surface area contributed by atoms with Crippen molar-refractivity contribution in [2.45, 2.75) is 52.0 Å². The summed E-state index contributed by atoms with van der Waals surface area (Å²) in [7, 11) is -4.29. The van der Waals surface area contributed by atoms with Gasteiger partial charge in [0, 0.05) is 12.6 Å². The molecule has 2 rings (SSSR count). The largest absolute Gasteiger partial charge is 0.416 e. The van der Waals surface area contributed by atoms with E-state index in [0.717, 1.165) is 17.2 Å². The maximum Gasteiger partial charge on any atom is 0.416 e. The molecule has 1 N–H and O–H groups in total. The minimum Gasteiger partial charge on any atom is -0.352 e.